The topological polar surface area (TPSA) is 50.7 Å². The van der Waals surface area contributed by atoms with Crippen LogP contribution in [0.1, 0.15) is 0 Å². The number of fused-ring (bicyclic) bond motifs is 1. The van der Waals surface area contributed by atoms with E-state index in [-0.39, 0.29) is 24.8 Å². The fourth-order valence-corrected chi connectivity index (χ4v) is 1.89. The zero-order valence-electron chi connectivity index (χ0n) is 10.8. The second-order valence-corrected chi connectivity index (χ2v) is 3.90. The van der Waals surface area contributed by atoms with E-state index in [4.69, 9.17) is 0 Å². The monoisotopic (exact) mass is 308 g/mol. The number of rotatable bonds is 2. The third-order valence-corrected chi connectivity index (χ3v) is 2.76. The Morgan fingerprint density at radius 2 is 1.75 bits per heavy atom. The number of hydrogen-bond donors (Lipinski definition) is 1. The number of benzene rings is 1. The van der Waals surface area contributed by atoms with E-state index in [1.165, 1.54) is 0 Å². The van der Waals surface area contributed by atoms with Crippen molar-refractivity contribution in [2.75, 3.05) is 12.4 Å². The van der Waals surface area contributed by atoms with Gasteiger partial charge in [0.2, 0.25) is 0 Å². The molecule has 0 amide bonds. The van der Waals surface area contributed by atoms with Crippen LogP contribution in [0.15, 0.2) is 48.8 Å². The number of anilines is 1. The lowest BCUT2D eigenvalue weighted by Crippen LogP contribution is -1.98. The summed E-state index contributed by atoms with van der Waals surface area (Å²) in [6.45, 7) is 0. The molecule has 0 aliphatic carbocycles. The van der Waals surface area contributed by atoms with E-state index in [2.05, 4.69) is 20.3 Å². The molecule has 104 valence electrons. The van der Waals surface area contributed by atoms with Gasteiger partial charge in [-0.2, -0.15) is 0 Å². The smallest absolute Gasteiger partial charge is 0.163 e. The fraction of sp³-hybridized carbons (Fsp3) is 0.0714. The summed E-state index contributed by atoms with van der Waals surface area (Å²) in [5, 5.41) is 4.13. The Bertz CT molecular complexity index is 689. The van der Waals surface area contributed by atoms with Crippen molar-refractivity contribution in [1.29, 1.82) is 0 Å². The summed E-state index contributed by atoms with van der Waals surface area (Å²) >= 11 is 0. The van der Waals surface area contributed by atoms with Gasteiger partial charge in [-0.05, 0) is 24.3 Å². The van der Waals surface area contributed by atoms with E-state index in [0.717, 1.165) is 22.3 Å². The van der Waals surface area contributed by atoms with Crippen LogP contribution in [-0.4, -0.2) is 22.0 Å². The maximum Gasteiger partial charge on any atom is 0.163 e. The Morgan fingerprint density at radius 1 is 0.950 bits per heavy atom. The van der Waals surface area contributed by atoms with Gasteiger partial charge in [0.25, 0.3) is 0 Å². The van der Waals surface area contributed by atoms with Gasteiger partial charge in [-0.1, -0.05) is 12.1 Å². The van der Waals surface area contributed by atoms with Crippen molar-refractivity contribution >= 4 is 41.5 Å². The molecule has 0 radical (unpaired) electrons. The van der Waals surface area contributed by atoms with Gasteiger partial charge in [-0.15, -0.1) is 24.8 Å². The van der Waals surface area contributed by atoms with E-state index in [1.807, 2.05) is 43.4 Å². The van der Waals surface area contributed by atoms with E-state index in [0.29, 0.717) is 5.82 Å². The van der Waals surface area contributed by atoms with Crippen molar-refractivity contribution in [2.45, 2.75) is 0 Å². The van der Waals surface area contributed by atoms with E-state index in [9.17, 15) is 0 Å². The summed E-state index contributed by atoms with van der Waals surface area (Å²) in [6.07, 6.45) is 3.51. The van der Waals surface area contributed by atoms with Gasteiger partial charge in [-0.3, -0.25) is 4.98 Å². The molecule has 0 atom stereocenters. The molecule has 0 saturated heterocycles. The van der Waals surface area contributed by atoms with Crippen LogP contribution in [0.25, 0.3) is 22.3 Å². The molecule has 0 spiro atoms. The molecule has 0 aliphatic heterocycles. The molecule has 20 heavy (non-hydrogen) atoms. The minimum absolute atomic E-state index is 0. The summed E-state index contributed by atoms with van der Waals surface area (Å²) < 4.78 is 0. The molecule has 4 nitrogen and oxygen atoms in total. The van der Waals surface area contributed by atoms with Crippen LogP contribution >= 0.6 is 24.8 Å². The van der Waals surface area contributed by atoms with Crippen LogP contribution in [0, 0.1) is 0 Å². The molecule has 2 aromatic heterocycles. The SMILES string of the molecule is CNc1nc(-c2cccnc2)nc2ccccc12.Cl.Cl. The van der Waals surface area contributed by atoms with Crippen molar-refractivity contribution in [2.24, 2.45) is 0 Å². The average molecular weight is 309 g/mol. The number of nitrogens with zero attached hydrogens (tertiary/aromatic N) is 3. The van der Waals surface area contributed by atoms with Crippen molar-refractivity contribution in [3.05, 3.63) is 48.8 Å². The minimum Gasteiger partial charge on any atom is -0.373 e. The lowest BCUT2D eigenvalue weighted by Gasteiger charge is -2.07. The van der Waals surface area contributed by atoms with Gasteiger partial charge >= 0.3 is 0 Å². The maximum absolute atomic E-state index is 4.56. The highest BCUT2D eigenvalue weighted by molar-refractivity contribution is 5.90. The lowest BCUT2D eigenvalue weighted by molar-refractivity contribution is 1.20. The Morgan fingerprint density at radius 3 is 2.45 bits per heavy atom. The molecular weight excluding hydrogens is 295 g/mol. The van der Waals surface area contributed by atoms with Crippen LogP contribution in [0.3, 0.4) is 0 Å². The van der Waals surface area contributed by atoms with Gasteiger partial charge in [0, 0.05) is 30.4 Å². The summed E-state index contributed by atoms with van der Waals surface area (Å²) in [4.78, 5) is 13.2. The van der Waals surface area contributed by atoms with Crippen LogP contribution in [-0.2, 0) is 0 Å². The van der Waals surface area contributed by atoms with Crippen LogP contribution < -0.4 is 5.32 Å². The van der Waals surface area contributed by atoms with Crippen molar-refractivity contribution in [3.63, 3.8) is 0 Å². The van der Waals surface area contributed by atoms with Gasteiger partial charge in [0.1, 0.15) is 5.82 Å². The first-order valence-electron chi connectivity index (χ1n) is 5.73. The van der Waals surface area contributed by atoms with Crippen LogP contribution in [0.4, 0.5) is 5.82 Å². The quantitative estimate of drug-likeness (QED) is 0.786. The predicted molar refractivity (Wildman–Crippen MR) is 86.8 cm³/mol. The highest BCUT2D eigenvalue weighted by atomic mass is 35.5. The number of hydrogen-bond acceptors (Lipinski definition) is 4. The largest absolute Gasteiger partial charge is 0.373 e. The second-order valence-electron chi connectivity index (χ2n) is 3.90. The number of nitrogens with one attached hydrogen (secondary N) is 1. The van der Waals surface area contributed by atoms with Crippen molar-refractivity contribution < 1.29 is 0 Å². The third-order valence-electron chi connectivity index (χ3n) is 2.76. The van der Waals surface area contributed by atoms with Gasteiger partial charge in [0.05, 0.1) is 5.52 Å². The normalized spacial score (nSPS) is 9.45. The second kappa shape index (κ2) is 7.03. The Labute approximate surface area is 129 Å². The molecule has 3 aromatic rings. The molecule has 2 heterocycles. The molecule has 0 fully saturated rings. The Kier molecular flexibility index (Phi) is 5.67. The molecule has 3 rings (SSSR count). The Hall–Kier alpha value is -1.91. The molecule has 0 unspecified atom stereocenters. The number of pyridine rings is 1. The predicted octanol–water partition coefficient (Wildman–Crippen LogP) is 3.58. The average Bonchev–Trinajstić information content (AvgIpc) is 2.47. The van der Waals surface area contributed by atoms with Gasteiger partial charge < -0.3 is 5.32 Å². The summed E-state index contributed by atoms with van der Waals surface area (Å²) in [5.74, 6) is 1.52. The minimum atomic E-state index is 0. The number of halogens is 2. The lowest BCUT2D eigenvalue weighted by atomic mass is 10.2. The Balaban J connectivity index is 0.000001000. The molecule has 6 heteroatoms. The standard InChI is InChI=1S/C14H12N4.2ClH/c1-15-14-11-6-2-3-7-12(11)17-13(18-14)10-5-4-8-16-9-10;;/h2-9H,1H3,(H,15,17,18);2*1H. The molecule has 0 aliphatic rings. The van der Waals surface area contributed by atoms with Crippen molar-refractivity contribution in [1.82, 2.24) is 15.0 Å². The molecular formula is C14H14Cl2N4. The highest BCUT2D eigenvalue weighted by Gasteiger charge is 2.07. The van der Waals surface area contributed by atoms with Crippen LogP contribution in [0.5, 0.6) is 0 Å². The summed E-state index contributed by atoms with van der Waals surface area (Å²) in [6, 6.07) is 11.8. The zero-order valence-corrected chi connectivity index (χ0v) is 12.4. The third kappa shape index (κ3) is 2.98. The summed E-state index contributed by atoms with van der Waals surface area (Å²) in [5.41, 5.74) is 1.84. The van der Waals surface area contributed by atoms with Crippen molar-refractivity contribution in [3.8, 4) is 11.4 Å². The first-order chi connectivity index (χ1) is 8.88. The molecule has 0 saturated carbocycles. The molecule has 1 N–H and O–H groups in total. The van der Waals surface area contributed by atoms with Crippen LogP contribution in [0.2, 0.25) is 0 Å². The number of para-hydroxylation sites is 1. The van der Waals surface area contributed by atoms with Gasteiger partial charge in [0.15, 0.2) is 5.82 Å². The zero-order chi connectivity index (χ0) is 12.4. The first kappa shape index (κ1) is 16.1. The van der Waals surface area contributed by atoms with E-state index in [1.54, 1.807) is 12.4 Å². The van der Waals surface area contributed by atoms with Gasteiger partial charge in [-0.25, -0.2) is 9.97 Å². The molecule has 1 aromatic carbocycles. The molecule has 0 bridgehead atoms. The highest BCUT2D eigenvalue weighted by Crippen LogP contribution is 2.23. The number of aromatic nitrogens is 3. The maximum atomic E-state index is 4.56. The summed E-state index contributed by atoms with van der Waals surface area (Å²) in [7, 11) is 1.86. The fourth-order valence-electron chi connectivity index (χ4n) is 1.89. The van der Waals surface area contributed by atoms with E-state index < -0.39 is 0 Å². The first-order valence-corrected chi connectivity index (χ1v) is 5.73. The van der Waals surface area contributed by atoms with E-state index >= 15 is 0 Å².